The highest BCUT2D eigenvalue weighted by atomic mass is 19.4. The van der Waals surface area contributed by atoms with Crippen LogP contribution in [-0.4, -0.2) is 19.2 Å². The third kappa shape index (κ3) is 12.4. The summed E-state index contributed by atoms with van der Waals surface area (Å²) in [7, 11) is 0. The second kappa shape index (κ2) is 19.1. The number of hydrogen-bond donors (Lipinski definition) is 0. The summed E-state index contributed by atoms with van der Waals surface area (Å²) in [5, 5.41) is 0.533. The molecule has 0 radical (unpaired) electrons. The summed E-state index contributed by atoms with van der Waals surface area (Å²) in [4.78, 5) is 23.8. The first-order chi connectivity index (χ1) is 21.7. The van der Waals surface area contributed by atoms with Gasteiger partial charge in [0.1, 0.15) is 11.3 Å². The molecule has 0 aliphatic carbocycles. The highest BCUT2D eigenvalue weighted by Gasteiger charge is 2.34. The molecule has 3 rings (SSSR count). The van der Waals surface area contributed by atoms with Crippen LogP contribution in [0.3, 0.4) is 0 Å². The van der Waals surface area contributed by atoms with Gasteiger partial charge >= 0.3 is 17.8 Å². The van der Waals surface area contributed by atoms with Gasteiger partial charge in [-0.15, -0.1) is 0 Å². The quantitative estimate of drug-likeness (QED) is 0.0508. The molecular formula is C37H47F3O5. The summed E-state index contributed by atoms with van der Waals surface area (Å²) < 4.78 is 58.3. The van der Waals surface area contributed by atoms with Crippen molar-refractivity contribution in [3.8, 4) is 16.9 Å². The van der Waals surface area contributed by atoms with Crippen LogP contribution in [0.2, 0.25) is 0 Å². The van der Waals surface area contributed by atoms with Crippen molar-refractivity contribution in [2.45, 2.75) is 109 Å². The molecule has 0 saturated carbocycles. The van der Waals surface area contributed by atoms with Crippen molar-refractivity contribution in [1.82, 2.24) is 0 Å². The molecular weight excluding hydrogens is 581 g/mol. The van der Waals surface area contributed by atoms with Gasteiger partial charge in [-0.3, -0.25) is 0 Å². The number of benzene rings is 2. The van der Waals surface area contributed by atoms with Crippen molar-refractivity contribution >= 4 is 16.9 Å². The van der Waals surface area contributed by atoms with E-state index < -0.39 is 17.4 Å². The molecule has 1 heterocycles. The Morgan fingerprint density at radius 2 is 1.44 bits per heavy atom. The molecule has 8 heteroatoms. The van der Waals surface area contributed by atoms with Crippen molar-refractivity contribution in [1.29, 1.82) is 0 Å². The topological polar surface area (TPSA) is 65.7 Å². The number of hydrogen-bond acceptors (Lipinski definition) is 5. The standard InChI is InChI=1S/C37H47F3O5/c1-3-5-15-18-28-19-22-31(33(25-28)37(38,39)40)32-26-29-20-21-30(27-34(29)45-36(32)42)43-23-16-13-11-9-7-6-8-10-12-14-17-24-44-35(41)4-2/h4,19-22,25-27H,2-3,5-18,23-24H2,1H3. The van der Waals surface area contributed by atoms with Crippen LogP contribution in [0.25, 0.3) is 22.1 Å². The normalized spacial score (nSPS) is 11.6. The van der Waals surface area contributed by atoms with Gasteiger partial charge in [0.05, 0.1) is 24.3 Å². The average molecular weight is 629 g/mol. The maximum absolute atomic E-state index is 14.0. The minimum absolute atomic E-state index is 0.104. The summed E-state index contributed by atoms with van der Waals surface area (Å²) in [5.41, 5.74) is -1.01. The fourth-order valence-electron chi connectivity index (χ4n) is 5.38. The van der Waals surface area contributed by atoms with E-state index in [0.29, 0.717) is 36.3 Å². The molecule has 0 N–H and O–H groups in total. The van der Waals surface area contributed by atoms with Gasteiger partial charge in [0.15, 0.2) is 0 Å². The number of aryl methyl sites for hydroxylation is 1. The van der Waals surface area contributed by atoms with Gasteiger partial charge in [-0.2, -0.15) is 13.2 Å². The molecule has 5 nitrogen and oxygen atoms in total. The maximum atomic E-state index is 14.0. The third-order valence-corrected chi connectivity index (χ3v) is 7.92. The number of unbranched alkanes of at least 4 members (excludes halogenated alkanes) is 12. The molecule has 0 spiro atoms. The molecule has 246 valence electrons. The van der Waals surface area contributed by atoms with Crippen LogP contribution in [0.5, 0.6) is 5.75 Å². The van der Waals surface area contributed by atoms with E-state index in [1.165, 1.54) is 50.3 Å². The van der Waals surface area contributed by atoms with Crippen LogP contribution in [0, 0.1) is 0 Å². The van der Waals surface area contributed by atoms with Crippen LogP contribution in [0.15, 0.2) is 64.3 Å². The zero-order chi connectivity index (χ0) is 32.5. The molecule has 0 saturated heterocycles. The number of ether oxygens (including phenoxy) is 2. The van der Waals surface area contributed by atoms with Gasteiger partial charge in [0.2, 0.25) is 0 Å². The Hall–Kier alpha value is -3.55. The maximum Gasteiger partial charge on any atom is 0.417 e. The van der Waals surface area contributed by atoms with Gasteiger partial charge in [-0.05, 0) is 55.5 Å². The lowest BCUT2D eigenvalue weighted by Crippen LogP contribution is -2.12. The number of carbonyl (C=O) groups excluding carboxylic acids is 1. The van der Waals surface area contributed by atoms with Crippen LogP contribution in [0.1, 0.15) is 108 Å². The smallest absolute Gasteiger partial charge is 0.417 e. The van der Waals surface area contributed by atoms with Crippen molar-refractivity contribution in [3.05, 3.63) is 76.7 Å². The van der Waals surface area contributed by atoms with Gasteiger partial charge in [-0.1, -0.05) is 96.3 Å². The number of rotatable bonds is 21. The Labute approximate surface area is 264 Å². The van der Waals surface area contributed by atoms with Gasteiger partial charge < -0.3 is 13.9 Å². The number of esters is 1. The zero-order valence-electron chi connectivity index (χ0n) is 26.5. The molecule has 0 aliphatic rings. The van der Waals surface area contributed by atoms with Crippen molar-refractivity contribution in [3.63, 3.8) is 0 Å². The van der Waals surface area contributed by atoms with Crippen LogP contribution < -0.4 is 10.4 Å². The SMILES string of the molecule is C=CC(=O)OCCCCCCCCCCCCCOc1ccc2cc(-c3ccc(CCCCC)cc3C(F)(F)F)c(=O)oc2c1. The van der Waals surface area contributed by atoms with E-state index in [2.05, 4.69) is 6.58 Å². The Kier molecular flexibility index (Phi) is 15.2. The first-order valence-corrected chi connectivity index (χ1v) is 16.4. The largest absolute Gasteiger partial charge is 0.493 e. The van der Waals surface area contributed by atoms with Crippen LogP contribution >= 0.6 is 0 Å². The predicted octanol–water partition coefficient (Wildman–Crippen LogP) is 10.6. The number of alkyl halides is 3. The van der Waals surface area contributed by atoms with Crippen LogP contribution in [-0.2, 0) is 22.1 Å². The molecule has 2 aromatic carbocycles. The van der Waals surface area contributed by atoms with E-state index in [9.17, 15) is 22.8 Å². The van der Waals surface area contributed by atoms with E-state index in [4.69, 9.17) is 13.9 Å². The molecule has 0 fully saturated rings. The van der Waals surface area contributed by atoms with Gasteiger partial charge in [-0.25, -0.2) is 9.59 Å². The minimum Gasteiger partial charge on any atom is -0.493 e. The summed E-state index contributed by atoms with van der Waals surface area (Å²) >= 11 is 0. The summed E-state index contributed by atoms with van der Waals surface area (Å²) in [6.45, 7) is 6.43. The number of halogens is 3. The fraction of sp³-hybridized carbons (Fsp3) is 0.514. The van der Waals surface area contributed by atoms with E-state index in [1.807, 2.05) is 6.92 Å². The minimum atomic E-state index is -4.60. The monoisotopic (exact) mass is 628 g/mol. The summed E-state index contributed by atoms with van der Waals surface area (Å²) in [5.74, 6) is 0.203. The van der Waals surface area contributed by atoms with Crippen molar-refractivity contribution < 1.29 is 31.9 Å². The highest BCUT2D eigenvalue weighted by molar-refractivity contribution is 5.83. The van der Waals surface area contributed by atoms with Gasteiger partial charge in [0, 0.05) is 23.1 Å². The summed E-state index contributed by atoms with van der Waals surface area (Å²) in [6.07, 6.45) is 12.2. The first-order valence-electron chi connectivity index (χ1n) is 16.4. The second-order valence-corrected chi connectivity index (χ2v) is 11.6. The van der Waals surface area contributed by atoms with Crippen molar-refractivity contribution in [2.24, 2.45) is 0 Å². The Bertz CT molecular complexity index is 1410. The molecule has 3 aromatic rings. The first kappa shape index (κ1) is 35.9. The molecule has 0 amide bonds. The van der Waals surface area contributed by atoms with E-state index in [1.54, 1.807) is 24.3 Å². The van der Waals surface area contributed by atoms with Gasteiger partial charge in [0.25, 0.3) is 0 Å². The van der Waals surface area contributed by atoms with E-state index in [-0.39, 0.29) is 22.7 Å². The molecule has 0 atom stereocenters. The lowest BCUT2D eigenvalue weighted by atomic mass is 9.95. The predicted molar refractivity (Wildman–Crippen MR) is 174 cm³/mol. The average Bonchev–Trinajstić information content (AvgIpc) is 3.02. The zero-order valence-corrected chi connectivity index (χ0v) is 26.5. The molecule has 45 heavy (non-hydrogen) atoms. The Balaban J connectivity index is 1.41. The fourth-order valence-corrected chi connectivity index (χ4v) is 5.38. The Morgan fingerprint density at radius 1 is 0.800 bits per heavy atom. The summed E-state index contributed by atoms with van der Waals surface area (Å²) in [6, 6.07) is 10.8. The Morgan fingerprint density at radius 3 is 2.07 bits per heavy atom. The lowest BCUT2D eigenvalue weighted by Gasteiger charge is -2.15. The van der Waals surface area contributed by atoms with E-state index in [0.717, 1.165) is 63.9 Å². The van der Waals surface area contributed by atoms with Crippen molar-refractivity contribution in [2.75, 3.05) is 13.2 Å². The molecule has 0 bridgehead atoms. The second-order valence-electron chi connectivity index (χ2n) is 11.6. The molecule has 1 aromatic heterocycles. The van der Waals surface area contributed by atoms with E-state index >= 15 is 0 Å². The number of fused-ring (bicyclic) bond motifs is 1. The highest BCUT2D eigenvalue weighted by Crippen LogP contribution is 2.38. The lowest BCUT2D eigenvalue weighted by molar-refractivity contribution is -0.138. The van der Waals surface area contributed by atoms with Crippen LogP contribution in [0.4, 0.5) is 13.2 Å². The molecule has 0 aliphatic heterocycles. The molecule has 0 unspecified atom stereocenters. The number of carbonyl (C=O) groups is 1. The third-order valence-electron chi connectivity index (χ3n) is 7.92.